The molecule has 3 heterocycles. The van der Waals surface area contributed by atoms with Gasteiger partial charge in [0.1, 0.15) is 11.4 Å². The topological polar surface area (TPSA) is 131 Å². The summed E-state index contributed by atoms with van der Waals surface area (Å²) < 4.78 is 7.01. The van der Waals surface area contributed by atoms with Crippen molar-refractivity contribution >= 4 is 40.1 Å². The predicted molar refractivity (Wildman–Crippen MR) is 141 cm³/mol. The molecule has 11 heteroatoms. The largest absolute Gasteiger partial charge is 0.383 e. The molecule has 1 aliphatic carbocycles. The van der Waals surface area contributed by atoms with Gasteiger partial charge in [-0.1, -0.05) is 24.1 Å². The van der Waals surface area contributed by atoms with Gasteiger partial charge in [-0.25, -0.2) is 4.68 Å². The van der Waals surface area contributed by atoms with Crippen molar-refractivity contribution in [3.05, 3.63) is 52.3 Å². The summed E-state index contributed by atoms with van der Waals surface area (Å²) in [5, 5.41) is 16.3. The van der Waals surface area contributed by atoms with Gasteiger partial charge < -0.3 is 20.7 Å². The number of nitrogens with one attached hydrogen (secondary N) is 2. The summed E-state index contributed by atoms with van der Waals surface area (Å²) in [6.45, 7) is 4.36. The van der Waals surface area contributed by atoms with E-state index in [0.29, 0.717) is 41.9 Å². The van der Waals surface area contributed by atoms with Crippen molar-refractivity contribution < 1.29 is 14.3 Å². The number of likely N-dealkylation sites (tertiary alicyclic amines) is 1. The zero-order valence-electron chi connectivity index (χ0n) is 20.7. The molecule has 0 spiro atoms. The van der Waals surface area contributed by atoms with Gasteiger partial charge in [0.15, 0.2) is 5.69 Å². The Balaban J connectivity index is 1.56. The van der Waals surface area contributed by atoms with E-state index in [1.54, 1.807) is 29.9 Å². The Hall–Kier alpha value is -3.81. The van der Waals surface area contributed by atoms with Crippen LogP contribution in [0.25, 0.3) is 10.9 Å². The van der Waals surface area contributed by atoms with Crippen molar-refractivity contribution in [2.75, 3.05) is 32.6 Å². The standard InChI is InChI=1S/C26H28ClN7O3/c1-4-22(35)33-12-15(9-16(33)13-37-3)34-26(29-2)23(25(28)36)21(32-34)8-7-17-19-11-30-31-24(19)18(10-20(17)27)14-5-6-14/h4,10-11,14-16,29H,1,5-6,9,12-13H2,2-3H3,(H2,28,36)(H,30,31)/t15-,16+/m0/s1. The van der Waals surface area contributed by atoms with Crippen LogP contribution in [0, 0.1) is 11.8 Å². The molecule has 1 saturated heterocycles. The number of hydrogen-bond acceptors (Lipinski definition) is 6. The highest BCUT2D eigenvalue weighted by Crippen LogP contribution is 2.44. The van der Waals surface area contributed by atoms with E-state index < -0.39 is 5.91 Å². The second kappa shape index (κ2) is 9.92. The Morgan fingerprint density at radius 1 is 1.41 bits per heavy atom. The number of nitrogens with zero attached hydrogens (tertiary/aromatic N) is 4. The Bertz CT molecular complexity index is 1460. The maximum Gasteiger partial charge on any atom is 0.255 e. The number of fused-ring (bicyclic) bond motifs is 1. The molecule has 0 bridgehead atoms. The third kappa shape index (κ3) is 4.45. The number of amides is 2. The summed E-state index contributed by atoms with van der Waals surface area (Å²) in [5.41, 5.74) is 8.86. The Morgan fingerprint density at radius 3 is 2.84 bits per heavy atom. The fourth-order valence-corrected chi connectivity index (χ4v) is 5.40. The number of methoxy groups -OCH3 is 1. The first-order chi connectivity index (χ1) is 17.9. The van der Waals surface area contributed by atoms with Gasteiger partial charge in [0.2, 0.25) is 5.91 Å². The predicted octanol–water partition coefficient (Wildman–Crippen LogP) is 2.81. The van der Waals surface area contributed by atoms with Crippen molar-refractivity contribution in [1.29, 1.82) is 0 Å². The van der Waals surface area contributed by atoms with E-state index in [1.165, 1.54) is 6.08 Å². The maximum absolute atomic E-state index is 12.5. The number of carbonyl (C=O) groups is 2. The van der Waals surface area contributed by atoms with E-state index in [1.807, 2.05) is 6.07 Å². The third-order valence-electron chi connectivity index (χ3n) is 6.99. The minimum absolute atomic E-state index is 0.154. The van der Waals surface area contributed by atoms with Gasteiger partial charge in [-0.2, -0.15) is 10.2 Å². The number of nitrogens with two attached hydrogens (primary N) is 1. The molecule has 2 fully saturated rings. The summed E-state index contributed by atoms with van der Waals surface area (Å²) in [6.07, 6.45) is 5.84. The highest BCUT2D eigenvalue weighted by atomic mass is 35.5. The number of aromatic amines is 1. The van der Waals surface area contributed by atoms with Crippen molar-refractivity contribution in [2.45, 2.75) is 37.3 Å². The number of halogens is 1. The summed E-state index contributed by atoms with van der Waals surface area (Å²) in [5.74, 6) is 6.21. The van der Waals surface area contributed by atoms with Crippen LogP contribution in [0.2, 0.25) is 5.02 Å². The van der Waals surface area contributed by atoms with Crippen molar-refractivity contribution in [3.8, 4) is 11.8 Å². The highest BCUT2D eigenvalue weighted by Gasteiger charge is 2.38. The molecule has 0 radical (unpaired) electrons. The van der Waals surface area contributed by atoms with E-state index in [9.17, 15) is 9.59 Å². The van der Waals surface area contributed by atoms with Gasteiger partial charge in [0.05, 0.1) is 41.0 Å². The van der Waals surface area contributed by atoms with Crippen LogP contribution in [0.15, 0.2) is 24.9 Å². The van der Waals surface area contributed by atoms with Crippen LogP contribution in [0.3, 0.4) is 0 Å². The van der Waals surface area contributed by atoms with E-state index in [0.717, 1.165) is 29.3 Å². The normalized spacial score (nSPS) is 19.1. The SMILES string of the molecule is C=CC(=O)N1C[C@@H](n2nc(C#Cc3c(Cl)cc(C4CC4)c4[nH]ncc34)c(C(N)=O)c2NC)C[C@@H]1COC. The van der Waals surface area contributed by atoms with E-state index in [-0.39, 0.29) is 29.2 Å². The molecule has 2 aliphatic rings. The highest BCUT2D eigenvalue weighted by molar-refractivity contribution is 6.33. The van der Waals surface area contributed by atoms with E-state index in [4.69, 9.17) is 22.1 Å². The summed E-state index contributed by atoms with van der Waals surface area (Å²) >= 11 is 6.65. The quantitative estimate of drug-likeness (QED) is 0.323. The van der Waals surface area contributed by atoms with E-state index >= 15 is 0 Å². The molecule has 1 aromatic carbocycles. The average Bonchev–Trinajstić information content (AvgIpc) is 3.28. The molecule has 5 rings (SSSR count). The Kier molecular flexibility index (Phi) is 6.67. The number of aromatic nitrogens is 4. The zero-order valence-corrected chi connectivity index (χ0v) is 21.4. The lowest BCUT2D eigenvalue weighted by Crippen LogP contribution is -2.37. The van der Waals surface area contributed by atoms with Crippen molar-refractivity contribution in [3.63, 3.8) is 0 Å². The Morgan fingerprint density at radius 2 is 2.19 bits per heavy atom. The zero-order chi connectivity index (χ0) is 26.3. The molecule has 2 atom stereocenters. The number of benzene rings is 1. The molecule has 4 N–H and O–H groups in total. The summed E-state index contributed by atoms with van der Waals surface area (Å²) in [4.78, 5) is 26.7. The van der Waals surface area contributed by atoms with Crippen LogP contribution >= 0.6 is 11.6 Å². The molecule has 3 aromatic rings. The number of primary amides is 1. The Labute approximate surface area is 219 Å². The summed E-state index contributed by atoms with van der Waals surface area (Å²) in [7, 11) is 3.28. The first kappa shape index (κ1) is 24.9. The second-order valence-electron chi connectivity index (χ2n) is 9.33. The molecule has 1 saturated carbocycles. The van der Waals surface area contributed by atoms with Gasteiger partial charge in [0.25, 0.3) is 5.91 Å². The second-order valence-corrected chi connectivity index (χ2v) is 9.74. The van der Waals surface area contributed by atoms with Gasteiger partial charge in [-0.3, -0.25) is 14.7 Å². The van der Waals surface area contributed by atoms with Crippen LogP contribution in [0.1, 0.15) is 58.4 Å². The number of rotatable bonds is 7. The number of ether oxygens (including phenoxy) is 1. The van der Waals surface area contributed by atoms with Crippen LogP contribution in [-0.4, -0.2) is 70.0 Å². The lowest BCUT2D eigenvalue weighted by atomic mass is 10.0. The minimum atomic E-state index is -0.658. The molecular formula is C26H28ClN7O3. The summed E-state index contributed by atoms with van der Waals surface area (Å²) in [6, 6.07) is 1.57. The van der Waals surface area contributed by atoms with Gasteiger partial charge >= 0.3 is 0 Å². The molecule has 1 aliphatic heterocycles. The van der Waals surface area contributed by atoms with Crippen LogP contribution in [-0.2, 0) is 9.53 Å². The van der Waals surface area contributed by atoms with Gasteiger partial charge in [-0.05, 0) is 48.8 Å². The molecule has 192 valence electrons. The average molecular weight is 522 g/mol. The fraction of sp³-hybridized carbons (Fsp3) is 0.385. The molecular weight excluding hydrogens is 494 g/mol. The lowest BCUT2D eigenvalue weighted by molar-refractivity contribution is -0.127. The third-order valence-corrected chi connectivity index (χ3v) is 7.29. The van der Waals surface area contributed by atoms with Gasteiger partial charge in [-0.15, -0.1) is 0 Å². The number of carbonyl (C=O) groups excluding carboxylic acids is 2. The fourth-order valence-electron chi connectivity index (χ4n) is 5.14. The molecule has 10 nitrogen and oxygen atoms in total. The first-order valence-corrected chi connectivity index (χ1v) is 12.4. The van der Waals surface area contributed by atoms with Crippen LogP contribution in [0.4, 0.5) is 5.82 Å². The number of anilines is 1. The maximum atomic E-state index is 12.5. The minimum Gasteiger partial charge on any atom is -0.383 e. The number of H-pyrrole nitrogens is 1. The van der Waals surface area contributed by atoms with Crippen molar-refractivity contribution in [1.82, 2.24) is 24.9 Å². The van der Waals surface area contributed by atoms with E-state index in [2.05, 4.69) is 39.0 Å². The smallest absolute Gasteiger partial charge is 0.255 e. The monoisotopic (exact) mass is 521 g/mol. The van der Waals surface area contributed by atoms with Gasteiger partial charge in [0, 0.05) is 26.1 Å². The molecule has 2 aromatic heterocycles. The molecule has 2 amide bonds. The lowest BCUT2D eigenvalue weighted by Gasteiger charge is -2.22. The van der Waals surface area contributed by atoms with Crippen LogP contribution in [0.5, 0.6) is 0 Å². The first-order valence-electron chi connectivity index (χ1n) is 12.1. The molecule has 0 unspecified atom stereocenters. The van der Waals surface area contributed by atoms with Crippen LogP contribution < -0.4 is 11.1 Å². The number of hydrogen-bond donors (Lipinski definition) is 3. The van der Waals surface area contributed by atoms with Crippen molar-refractivity contribution in [2.24, 2.45) is 5.73 Å². The molecule has 37 heavy (non-hydrogen) atoms.